The van der Waals surface area contributed by atoms with E-state index >= 15 is 0 Å². The van der Waals surface area contributed by atoms with Gasteiger partial charge in [-0.1, -0.05) is 13.3 Å². The van der Waals surface area contributed by atoms with Crippen LogP contribution in [0.1, 0.15) is 35.8 Å². The first-order valence-corrected chi connectivity index (χ1v) is 5.92. The van der Waals surface area contributed by atoms with Gasteiger partial charge in [-0.3, -0.25) is 9.78 Å². The Bertz CT molecular complexity index is 417. The summed E-state index contributed by atoms with van der Waals surface area (Å²) in [5.74, 6) is -0.516. The molecule has 7 heteroatoms. The second-order valence-electron chi connectivity index (χ2n) is 4.12. The maximum Gasteiger partial charge on any atom is 0.417 e. The average molecular weight is 275 g/mol. The van der Waals surface area contributed by atoms with Gasteiger partial charge in [0.2, 0.25) is 0 Å². The van der Waals surface area contributed by atoms with Gasteiger partial charge in [-0.25, -0.2) is 0 Å². The van der Waals surface area contributed by atoms with Crippen molar-refractivity contribution in [3.05, 3.63) is 29.6 Å². The fraction of sp³-hybridized carbons (Fsp3) is 0.500. The molecule has 0 aliphatic carbocycles. The fourth-order valence-corrected chi connectivity index (χ4v) is 1.55. The fourth-order valence-electron chi connectivity index (χ4n) is 1.55. The normalized spacial score (nSPS) is 13.1. The van der Waals surface area contributed by atoms with Gasteiger partial charge in [0.15, 0.2) is 0 Å². The number of hydrogen-bond donors (Lipinski definition) is 2. The molecule has 106 valence electrons. The minimum atomic E-state index is -4.45. The van der Waals surface area contributed by atoms with Crippen LogP contribution in [0.4, 0.5) is 13.2 Å². The van der Waals surface area contributed by atoms with E-state index in [9.17, 15) is 18.0 Å². The Morgan fingerprint density at radius 3 is 2.58 bits per heavy atom. The van der Waals surface area contributed by atoms with Crippen LogP contribution in [0.25, 0.3) is 0 Å². The number of alkyl halides is 3. The highest BCUT2D eigenvalue weighted by molar-refractivity contribution is 5.92. The van der Waals surface area contributed by atoms with Crippen molar-refractivity contribution in [3.8, 4) is 0 Å². The van der Waals surface area contributed by atoms with Gasteiger partial charge in [0.25, 0.3) is 5.91 Å². The Kier molecular flexibility index (Phi) is 5.29. The maximum atomic E-state index is 12.3. The van der Waals surface area contributed by atoms with Crippen LogP contribution in [0.5, 0.6) is 0 Å². The van der Waals surface area contributed by atoms with Crippen molar-refractivity contribution in [2.24, 2.45) is 5.73 Å². The van der Waals surface area contributed by atoms with E-state index in [1.165, 1.54) is 0 Å². The van der Waals surface area contributed by atoms with Crippen LogP contribution in [0, 0.1) is 0 Å². The van der Waals surface area contributed by atoms with Crippen LogP contribution >= 0.6 is 0 Å². The molecule has 3 N–H and O–H groups in total. The van der Waals surface area contributed by atoms with E-state index in [4.69, 9.17) is 5.73 Å². The molecule has 19 heavy (non-hydrogen) atoms. The molecule has 1 aromatic heterocycles. The lowest BCUT2D eigenvalue weighted by atomic mass is 10.1. The van der Waals surface area contributed by atoms with Gasteiger partial charge in [-0.15, -0.1) is 0 Å². The number of pyridine rings is 1. The molecule has 1 aromatic rings. The minimum Gasteiger partial charge on any atom is -0.347 e. The highest BCUT2D eigenvalue weighted by atomic mass is 19.4. The molecule has 0 aliphatic rings. The van der Waals surface area contributed by atoms with E-state index in [1.807, 2.05) is 6.92 Å². The van der Waals surface area contributed by atoms with Gasteiger partial charge in [0.1, 0.15) is 5.69 Å². The molecule has 0 aromatic carbocycles. The molecular formula is C12H16F3N3O. The van der Waals surface area contributed by atoms with Crippen molar-refractivity contribution < 1.29 is 18.0 Å². The molecule has 1 atom stereocenters. The van der Waals surface area contributed by atoms with Gasteiger partial charge < -0.3 is 11.1 Å². The number of halogens is 3. The predicted molar refractivity (Wildman–Crippen MR) is 64.5 cm³/mol. The summed E-state index contributed by atoms with van der Waals surface area (Å²) in [6, 6.07) is 1.69. The lowest BCUT2D eigenvalue weighted by molar-refractivity contribution is -0.137. The number of nitrogens with one attached hydrogen (secondary N) is 1. The highest BCUT2D eigenvalue weighted by Gasteiger charge is 2.30. The lowest BCUT2D eigenvalue weighted by Gasteiger charge is -2.15. The van der Waals surface area contributed by atoms with E-state index in [2.05, 4.69) is 10.3 Å². The van der Waals surface area contributed by atoms with Crippen LogP contribution in [-0.4, -0.2) is 23.5 Å². The van der Waals surface area contributed by atoms with Crippen LogP contribution in [0.2, 0.25) is 0 Å². The summed E-state index contributed by atoms with van der Waals surface area (Å²) in [5, 5.41) is 2.63. The molecule has 0 fully saturated rings. The van der Waals surface area contributed by atoms with Gasteiger partial charge in [-0.2, -0.15) is 13.2 Å². The van der Waals surface area contributed by atoms with Gasteiger partial charge >= 0.3 is 6.18 Å². The van der Waals surface area contributed by atoms with E-state index in [0.717, 1.165) is 18.6 Å². The summed E-state index contributed by atoms with van der Waals surface area (Å²) >= 11 is 0. The summed E-state index contributed by atoms with van der Waals surface area (Å²) in [6.07, 6.45) is -2.25. The SMILES string of the molecule is CCCC(CN)NC(=O)c1ccc(C(F)(F)F)cn1. The third-order valence-corrected chi connectivity index (χ3v) is 2.58. The number of nitrogens with zero attached hydrogens (tertiary/aromatic N) is 1. The van der Waals surface area contributed by atoms with Gasteiger partial charge in [-0.05, 0) is 18.6 Å². The molecule has 0 spiro atoms. The monoisotopic (exact) mass is 275 g/mol. The molecule has 1 amide bonds. The first kappa shape index (κ1) is 15.4. The topological polar surface area (TPSA) is 68.0 Å². The Labute approximate surface area is 109 Å². The molecule has 0 bridgehead atoms. The Morgan fingerprint density at radius 2 is 2.16 bits per heavy atom. The van der Waals surface area contributed by atoms with Gasteiger partial charge in [0, 0.05) is 18.8 Å². The van der Waals surface area contributed by atoms with Crippen LogP contribution in [0.3, 0.4) is 0 Å². The first-order valence-electron chi connectivity index (χ1n) is 5.92. The summed E-state index contributed by atoms with van der Waals surface area (Å²) in [6.45, 7) is 2.23. The first-order chi connectivity index (χ1) is 8.88. The Balaban J connectivity index is 2.73. The van der Waals surface area contributed by atoms with Crippen LogP contribution in [-0.2, 0) is 6.18 Å². The molecule has 4 nitrogen and oxygen atoms in total. The average Bonchev–Trinajstić information content (AvgIpc) is 2.37. The molecule has 1 rings (SSSR count). The zero-order chi connectivity index (χ0) is 14.5. The van der Waals surface area contributed by atoms with Crippen molar-refractivity contribution in [1.82, 2.24) is 10.3 Å². The van der Waals surface area contributed by atoms with Crippen molar-refractivity contribution >= 4 is 5.91 Å². The third-order valence-electron chi connectivity index (χ3n) is 2.58. The van der Waals surface area contributed by atoms with Crippen molar-refractivity contribution in [2.45, 2.75) is 32.0 Å². The molecule has 0 radical (unpaired) electrons. The van der Waals surface area contributed by atoms with E-state index in [0.29, 0.717) is 12.6 Å². The molecular weight excluding hydrogens is 259 g/mol. The van der Waals surface area contributed by atoms with Gasteiger partial charge in [0.05, 0.1) is 5.56 Å². The summed E-state index contributed by atoms with van der Waals surface area (Å²) < 4.78 is 37.0. The summed E-state index contributed by atoms with van der Waals surface area (Å²) in [4.78, 5) is 15.3. The largest absolute Gasteiger partial charge is 0.417 e. The molecule has 1 unspecified atom stereocenters. The van der Waals surface area contributed by atoms with Crippen LogP contribution < -0.4 is 11.1 Å². The van der Waals surface area contributed by atoms with Crippen molar-refractivity contribution in [3.63, 3.8) is 0 Å². The quantitative estimate of drug-likeness (QED) is 0.863. The van der Waals surface area contributed by atoms with Crippen molar-refractivity contribution in [2.75, 3.05) is 6.54 Å². The summed E-state index contributed by atoms with van der Waals surface area (Å²) in [5.41, 5.74) is 4.55. The van der Waals surface area contributed by atoms with Crippen molar-refractivity contribution in [1.29, 1.82) is 0 Å². The van der Waals surface area contributed by atoms with Crippen LogP contribution in [0.15, 0.2) is 18.3 Å². The molecule has 0 saturated carbocycles. The highest BCUT2D eigenvalue weighted by Crippen LogP contribution is 2.28. The van der Waals surface area contributed by atoms with E-state index in [-0.39, 0.29) is 18.3 Å². The second kappa shape index (κ2) is 6.51. The standard InChI is InChI=1S/C12H16F3N3O/c1-2-3-9(6-16)18-11(19)10-5-4-8(7-17-10)12(13,14)15/h4-5,7,9H,2-3,6,16H2,1H3,(H,18,19). The lowest BCUT2D eigenvalue weighted by Crippen LogP contribution is -2.40. The number of rotatable bonds is 5. The molecule has 0 aliphatic heterocycles. The number of amides is 1. The maximum absolute atomic E-state index is 12.3. The minimum absolute atomic E-state index is 0.0532. The predicted octanol–water partition coefficient (Wildman–Crippen LogP) is 1.96. The number of hydrogen-bond acceptors (Lipinski definition) is 3. The Hall–Kier alpha value is -1.63. The Morgan fingerprint density at radius 1 is 1.47 bits per heavy atom. The number of nitrogens with two attached hydrogens (primary N) is 1. The molecule has 0 saturated heterocycles. The smallest absolute Gasteiger partial charge is 0.347 e. The number of aromatic nitrogens is 1. The zero-order valence-corrected chi connectivity index (χ0v) is 10.5. The zero-order valence-electron chi connectivity index (χ0n) is 10.5. The number of carbonyl (C=O) groups excluding carboxylic acids is 1. The van der Waals surface area contributed by atoms with E-state index < -0.39 is 17.6 Å². The van der Waals surface area contributed by atoms with E-state index in [1.54, 1.807) is 0 Å². The number of carbonyl (C=O) groups is 1. The summed E-state index contributed by atoms with van der Waals surface area (Å²) in [7, 11) is 0. The third kappa shape index (κ3) is 4.51. The second-order valence-corrected chi connectivity index (χ2v) is 4.12. The molecule has 1 heterocycles.